The lowest BCUT2D eigenvalue weighted by atomic mass is 10.0. The molecule has 20 heavy (non-hydrogen) atoms. The molecule has 1 amide bonds. The number of rotatable bonds is 8. The first-order chi connectivity index (χ1) is 9.50. The minimum absolute atomic E-state index is 0.118. The summed E-state index contributed by atoms with van der Waals surface area (Å²) in [7, 11) is 0. The van der Waals surface area contributed by atoms with Gasteiger partial charge in [-0.15, -0.1) is 0 Å². The van der Waals surface area contributed by atoms with Crippen LogP contribution in [0.2, 0.25) is 0 Å². The predicted molar refractivity (Wildman–Crippen MR) is 78.8 cm³/mol. The number of carboxylic acid groups (broad SMARTS) is 1. The molecule has 0 fully saturated rings. The van der Waals surface area contributed by atoms with Gasteiger partial charge in [0.1, 0.15) is 0 Å². The third kappa shape index (κ3) is 5.87. The molecule has 0 aliphatic rings. The van der Waals surface area contributed by atoms with Crippen LogP contribution < -0.4 is 5.32 Å². The Hall–Kier alpha value is -1.84. The second-order valence-corrected chi connectivity index (χ2v) is 5.38. The number of nitrogens with one attached hydrogen (secondary N) is 1. The summed E-state index contributed by atoms with van der Waals surface area (Å²) in [6.45, 7) is 5.02. The first-order valence-electron chi connectivity index (χ1n) is 7.08. The lowest BCUT2D eigenvalue weighted by molar-refractivity contribution is -0.120. The van der Waals surface area contributed by atoms with Gasteiger partial charge in [-0.3, -0.25) is 4.79 Å². The van der Waals surface area contributed by atoms with Crippen molar-refractivity contribution < 1.29 is 14.7 Å². The van der Waals surface area contributed by atoms with Gasteiger partial charge in [0.2, 0.25) is 5.91 Å². The Morgan fingerprint density at radius 2 is 1.90 bits per heavy atom. The van der Waals surface area contributed by atoms with Crippen LogP contribution >= 0.6 is 0 Å². The molecule has 0 atom stereocenters. The molecule has 0 aliphatic heterocycles. The molecular formula is C16H23NO3. The molecule has 0 saturated carbocycles. The van der Waals surface area contributed by atoms with E-state index in [9.17, 15) is 9.59 Å². The van der Waals surface area contributed by atoms with Crippen molar-refractivity contribution in [3.8, 4) is 0 Å². The molecule has 1 rings (SSSR count). The van der Waals surface area contributed by atoms with E-state index in [0.29, 0.717) is 18.0 Å². The monoisotopic (exact) mass is 277 g/mol. The molecule has 0 radical (unpaired) electrons. The number of hydrogen-bond acceptors (Lipinski definition) is 2. The molecule has 1 aromatic rings. The molecule has 0 bridgehead atoms. The summed E-state index contributed by atoms with van der Waals surface area (Å²) < 4.78 is 0. The zero-order chi connectivity index (χ0) is 15.0. The van der Waals surface area contributed by atoms with E-state index in [1.165, 1.54) is 6.07 Å². The maximum absolute atomic E-state index is 11.8. The van der Waals surface area contributed by atoms with Crippen LogP contribution in [0.4, 0.5) is 0 Å². The average molecular weight is 277 g/mol. The molecule has 0 aliphatic carbocycles. The molecule has 0 heterocycles. The first-order valence-corrected chi connectivity index (χ1v) is 7.08. The van der Waals surface area contributed by atoms with E-state index in [0.717, 1.165) is 19.3 Å². The van der Waals surface area contributed by atoms with Crippen LogP contribution in [0.15, 0.2) is 24.3 Å². The number of carbonyl (C=O) groups is 2. The molecule has 0 saturated heterocycles. The van der Waals surface area contributed by atoms with Gasteiger partial charge < -0.3 is 10.4 Å². The standard InChI is InChI=1S/C16H23NO3/c1-12(2)7-5-6-10-17-15(18)11-13-8-3-4-9-14(13)16(19)20/h3-4,8-9,12H,5-7,10-11H2,1-2H3,(H,17,18)(H,19,20). The molecule has 0 unspecified atom stereocenters. The SMILES string of the molecule is CC(C)CCCCNC(=O)Cc1ccccc1C(=O)O. The smallest absolute Gasteiger partial charge is 0.335 e. The average Bonchev–Trinajstić information content (AvgIpc) is 2.38. The Labute approximate surface area is 120 Å². The van der Waals surface area contributed by atoms with Gasteiger partial charge in [0, 0.05) is 6.54 Å². The van der Waals surface area contributed by atoms with Gasteiger partial charge in [0.15, 0.2) is 0 Å². The Balaban J connectivity index is 2.37. The van der Waals surface area contributed by atoms with E-state index in [-0.39, 0.29) is 17.9 Å². The van der Waals surface area contributed by atoms with Gasteiger partial charge in [-0.05, 0) is 24.0 Å². The van der Waals surface area contributed by atoms with Crippen molar-refractivity contribution >= 4 is 11.9 Å². The minimum atomic E-state index is -0.995. The van der Waals surface area contributed by atoms with Crippen molar-refractivity contribution in [1.82, 2.24) is 5.32 Å². The summed E-state index contributed by atoms with van der Waals surface area (Å²) in [6.07, 6.45) is 3.35. The largest absolute Gasteiger partial charge is 0.478 e. The Morgan fingerprint density at radius 3 is 2.55 bits per heavy atom. The van der Waals surface area contributed by atoms with Crippen molar-refractivity contribution in [2.75, 3.05) is 6.54 Å². The van der Waals surface area contributed by atoms with E-state index < -0.39 is 5.97 Å². The van der Waals surface area contributed by atoms with E-state index in [1.807, 2.05) is 0 Å². The molecule has 4 nitrogen and oxygen atoms in total. The summed E-state index contributed by atoms with van der Waals surface area (Å²) in [5.74, 6) is -0.429. The summed E-state index contributed by atoms with van der Waals surface area (Å²) >= 11 is 0. The molecule has 0 aromatic heterocycles. The number of amides is 1. The van der Waals surface area contributed by atoms with Crippen LogP contribution in [0.5, 0.6) is 0 Å². The molecule has 110 valence electrons. The van der Waals surface area contributed by atoms with Crippen molar-refractivity contribution in [2.24, 2.45) is 5.92 Å². The number of carboxylic acids is 1. The highest BCUT2D eigenvalue weighted by molar-refractivity contribution is 5.91. The van der Waals surface area contributed by atoms with Gasteiger partial charge in [0.25, 0.3) is 0 Å². The van der Waals surface area contributed by atoms with Gasteiger partial charge >= 0.3 is 5.97 Å². The van der Waals surface area contributed by atoms with Crippen molar-refractivity contribution in [1.29, 1.82) is 0 Å². The summed E-state index contributed by atoms with van der Waals surface area (Å²) in [5.41, 5.74) is 0.752. The van der Waals surface area contributed by atoms with E-state index in [4.69, 9.17) is 5.11 Å². The fourth-order valence-electron chi connectivity index (χ4n) is 2.02. The summed E-state index contributed by atoms with van der Waals surface area (Å²) in [4.78, 5) is 22.8. The fraction of sp³-hybridized carbons (Fsp3) is 0.500. The number of unbranched alkanes of at least 4 members (excludes halogenated alkanes) is 1. The van der Waals surface area contributed by atoms with Crippen LogP contribution in [-0.4, -0.2) is 23.5 Å². The molecule has 4 heteroatoms. The zero-order valence-electron chi connectivity index (χ0n) is 12.2. The fourth-order valence-corrected chi connectivity index (χ4v) is 2.02. The number of aromatic carboxylic acids is 1. The van der Waals surface area contributed by atoms with Crippen LogP contribution in [-0.2, 0) is 11.2 Å². The lowest BCUT2D eigenvalue weighted by Gasteiger charge is -2.08. The Morgan fingerprint density at radius 1 is 1.20 bits per heavy atom. The Bertz CT molecular complexity index is 455. The zero-order valence-corrected chi connectivity index (χ0v) is 12.2. The van der Waals surface area contributed by atoms with Gasteiger partial charge in [-0.1, -0.05) is 44.9 Å². The van der Waals surface area contributed by atoms with E-state index >= 15 is 0 Å². The molecule has 1 aromatic carbocycles. The van der Waals surface area contributed by atoms with Crippen molar-refractivity contribution in [3.05, 3.63) is 35.4 Å². The minimum Gasteiger partial charge on any atom is -0.478 e. The van der Waals surface area contributed by atoms with Crippen molar-refractivity contribution in [2.45, 2.75) is 39.5 Å². The number of benzene rings is 1. The second-order valence-electron chi connectivity index (χ2n) is 5.38. The van der Waals surface area contributed by atoms with E-state index in [1.54, 1.807) is 18.2 Å². The van der Waals surface area contributed by atoms with Gasteiger partial charge in [0.05, 0.1) is 12.0 Å². The third-order valence-corrected chi connectivity index (χ3v) is 3.13. The topological polar surface area (TPSA) is 66.4 Å². The molecule has 2 N–H and O–H groups in total. The highest BCUT2D eigenvalue weighted by atomic mass is 16.4. The lowest BCUT2D eigenvalue weighted by Crippen LogP contribution is -2.26. The van der Waals surface area contributed by atoms with Gasteiger partial charge in [-0.2, -0.15) is 0 Å². The van der Waals surface area contributed by atoms with Crippen molar-refractivity contribution in [3.63, 3.8) is 0 Å². The summed E-state index contributed by atoms with van der Waals surface area (Å²) in [5, 5.41) is 11.9. The third-order valence-electron chi connectivity index (χ3n) is 3.13. The quantitative estimate of drug-likeness (QED) is 0.718. The van der Waals surface area contributed by atoms with Crippen LogP contribution in [0, 0.1) is 5.92 Å². The summed E-state index contributed by atoms with van der Waals surface area (Å²) in [6, 6.07) is 6.61. The second kappa shape index (κ2) is 8.35. The van der Waals surface area contributed by atoms with Gasteiger partial charge in [-0.25, -0.2) is 4.79 Å². The van der Waals surface area contributed by atoms with Crippen LogP contribution in [0.25, 0.3) is 0 Å². The highest BCUT2D eigenvalue weighted by Gasteiger charge is 2.11. The highest BCUT2D eigenvalue weighted by Crippen LogP contribution is 2.09. The van der Waals surface area contributed by atoms with Crippen LogP contribution in [0.3, 0.4) is 0 Å². The van der Waals surface area contributed by atoms with Crippen LogP contribution in [0.1, 0.15) is 49.0 Å². The molecular weight excluding hydrogens is 254 g/mol. The first kappa shape index (κ1) is 16.2. The Kier molecular flexibility index (Phi) is 6.77. The molecule has 0 spiro atoms. The number of carbonyl (C=O) groups excluding carboxylic acids is 1. The number of hydrogen-bond donors (Lipinski definition) is 2. The normalized spacial score (nSPS) is 10.6. The maximum Gasteiger partial charge on any atom is 0.335 e. The maximum atomic E-state index is 11.8. The van der Waals surface area contributed by atoms with E-state index in [2.05, 4.69) is 19.2 Å². The predicted octanol–water partition coefficient (Wildman–Crippen LogP) is 2.87.